The minimum Gasteiger partial charge on any atom is -0.484 e. The topological polar surface area (TPSA) is 84.5 Å². The van der Waals surface area contributed by atoms with E-state index in [2.05, 4.69) is 26.0 Å². The summed E-state index contributed by atoms with van der Waals surface area (Å²) in [6.45, 7) is 3.68. The summed E-state index contributed by atoms with van der Waals surface area (Å²) in [5, 5.41) is 2.89. The molecular formula is C24H25BrN2O4S. The third-order valence-corrected chi connectivity index (χ3v) is 6.80. The van der Waals surface area contributed by atoms with Gasteiger partial charge < -0.3 is 10.1 Å². The number of sulfonamides is 1. The molecule has 0 heterocycles. The zero-order valence-electron chi connectivity index (χ0n) is 17.8. The summed E-state index contributed by atoms with van der Waals surface area (Å²) in [5.74, 6) is 0.194. The monoisotopic (exact) mass is 516 g/mol. The molecule has 1 amide bonds. The number of hydrogen-bond acceptors (Lipinski definition) is 4. The van der Waals surface area contributed by atoms with Crippen molar-refractivity contribution in [3.05, 3.63) is 94.0 Å². The van der Waals surface area contributed by atoms with Crippen molar-refractivity contribution in [2.75, 3.05) is 6.61 Å². The minimum absolute atomic E-state index is 0.145. The minimum atomic E-state index is -3.67. The van der Waals surface area contributed by atoms with E-state index >= 15 is 0 Å². The molecule has 0 aliphatic heterocycles. The average molecular weight is 517 g/mol. The van der Waals surface area contributed by atoms with E-state index in [9.17, 15) is 13.2 Å². The fourth-order valence-corrected chi connectivity index (χ4v) is 4.44. The molecule has 0 saturated heterocycles. The van der Waals surface area contributed by atoms with Crippen molar-refractivity contribution in [1.82, 2.24) is 10.0 Å². The molecule has 0 aliphatic rings. The van der Waals surface area contributed by atoms with Gasteiger partial charge in [0.1, 0.15) is 5.75 Å². The predicted molar refractivity (Wildman–Crippen MR) is 128 cm³/mol. The number of carbonyl (C=O) groups excluding carboxylic acids is 1. The van der Waals surface area contributed by atoms with Crippen LogP contribution >= 0.6 is 15.9 Å². The van der Waals surface area contributed by atoms with Gasteiger partial charge in [-0.05, 0) is 60.9 Å². The van der Waals surface area contributed by atoms with E-state index in [1.165, 1.54) is 12.1 Å². The first kappa shape index (κ1) is 24.0. The van der Waals surface area contributed by atoms with Crippen molar-refractivity contribution in [2.24, 2.45) is 0 Å². The Morgan fingerprint density at radius 2 is 1.72 bits per heavy atom. The molecule has 8 heteroatoms. The second-order valence-corrected chi connectivity index (χ2v) is 10.0. The molecule has 0 saturated carbocycles. The van der Waals surface area contributed by atoms with Crippen molar-refractivity contribution in [3.8, 4) is 5.75 Å². The first-order valence-electron chi connectivity index (χ1n) is 10.1. The molecule has 3 rings (SSSR count). The van der Waals surface area contributed by atoms with Crippen LogP contribution in [0.2, 0.25) is 0 Å². The van der Waals surface area contributed by atoms with Gasteiger partial charge >= 0.3 is 0 Å². The number of hydrogen-bond donors (Lipinski definition) is 2. The van der Waals surface area contributed by atoms with E-state index in [4.69, 9.17) is 4.74 Å². The van der Waals surface area contributed by atoms with Crippen molar-refractivity contribution in [3.63, 3.8) is 0 Å². The quantitative estimate of drug-likeness (QED) is 0.438. The zero-order valence-corrected chi connectivity index (χ0v) is 20.2. The van der Waals surface area contributed by atoms with E-state index in [0.29, 0.717) is 11.3 Å². The fraction of sp³-hybridized carbons (Fsp3) is 0.208. The largest absolute Gasteiger partial charge is 0.484 e. The highest BCUT2D eigenvalue weighted by Gasteiger charge is 2.16. The highest BCUT2D eigenvalue weighted by Crippen LogP contribution is 2.22. The van der Waals surface area contributed by atoms with E-state index in [-0.39, 0.29) is 30.0 Å². The molecule has 32 heavy (non-hydrogen) atoms. The number of ether oxygens (including phenoxy) is 1. The molecule has 168 valence electrons. The molecular weight excluding hydrogens is 492 g/mol. The second-order valence-electron chi connectivity index (χ2n) is 7.37. The van der Waals surface area contributed by atoms with Gasteiger partial charge in [-0.15, -0.1) is 0 Å². The number of benzene rings is 3. The second kappa shape index (κ2) is 10.8. The molecule has 0 unspecified atom stereocenters. The van der Waals surface area contributed by atoms with Gasteiger partial charge in [-0.3, -0.25) is 4.79 Å². The maximum atomic E-state index is 12.6. The van der Waals surface area contributed by atoms with E-state index in [0.717, 1.165) is 15.6 Å². The normalized spacial score (nSPS) is 12.2. The molecule has 0 radical (unpaired) electrons. The summed E-state index contributed by atoms with van der Waals surface area (Å²) in [6, 6.07) is 21.4. The van der Waals surface area contributed by atoms with Crippen molar-refractivity contribution < 1.29 is 17.9 Å². The third-order valence-electron chi connectivity index (χ3n) is 4.87. The Labute approximate surface area is 197 Å². The van der Waals surface area contributed by atoms with Gasteiger partial charge in [0.05, 0.1) is 10.9 Å². The molecule has 0 aromatic heterocycles. The molecule has 6 nitrogen and oxygen atoms in total. The molecule has 0 aliphatic carbocycles. The molecule has 1 atom stereocenters. The molecule has 0 fully saturated rings. The first-order valence-corrected chi connectivity index (χ1v) is 12.3. The Morgan fingerprint density at radius 3 is 2.38 bits per heavy atom. The lowest BCUT2D eigenvalue weighted by Gasteiger charge is -2.16. The Bertz CT molecular complexity index is 1170. The summed E-state index contributed by atoms with van der Waals surface area (Å²) >= 11 is 3.39. The standard InChI is InChI=1S/C24H25BrN2O4S/c1-17-14-22(32(29,30)26-15-19-6-4-3-5-7-19)12-13-23(17)31-16-24(28)27-18(2)20-8-10-21(25)11-9-20/h3-14,18,26H,15-16H2,1-2H3,(H,27,28)/t18-/m0/s1. The highest BCUT2D eigenvalue weighted by molar-refractivity contribution is 9.10. The maximum Gasteiger partial charge on any atom is 0.258 e. The van der Waals surface area contributed by atoms with Crippen molar-refractivity contribution in [1.29, 1.82) is 0 Å². The third kappa shape index (κ3) is 6.66. The van der Waals surface area contributed by atoms with Crippen LogP contribution < -0.4 is 14.8 Å². The highest BCUT2D eigenvalue weighted by atomic mass is 79.9. The lowest BCUT2D eigenvalue weighted by Crippen LogP contribution is -2.31. The van der Waals surface area contributed by atoms with E-state index < -0.39 is 10.0 Å². The maximum absolute atomic E-state index is 12.6. The van der Waals surface area contributed by atoms with Crippen LogP contribution in [0.5, 0.6) is 5.75 Å². The molecule has 3 aromatic rings. The number of amides is 1. The smallest absolute Gasteiger partial charge is 0.258 e. The summed E-state index contributed by atoms with van der Waals surface area (Å²) in [7, 11) is -3.67. The summed E-state index contributed by atoms with van der Waals surface area (Å²) in [4.78, 5) is 12.4. The van der Waals surface area contributed by atoms with E-state index in [1.807, 2.05) is 61.5 Å². The van der Waals surface area contributed by atoms with Crippen LogP contribution in [0.15, 0.2) is 82.2 Å². The molecule has 3 aromatic carbocycles. The SMILES string of the molecule is Cc1cc(S(=O)(=O)NCc2ccccc2)ccc1OCC(=O)N[C@@H](C)c1ccc(Br)cc1. The van der Waals surface area contributed by atoms with Crippen LogP contribution in [0.3, 0.4) is 0 Å². The number of nitrogens with one attached hydrogen (secondary N) is 2. The van der Waals surface area contributed by atoms with Crippen LogP contribution in [0.25, 0.3) is 0 Å². The van der Waals surface area contributed by atoms with Crippen LogP contribution in [0.1, 0.15) is 29.7 Å². The molecule has 0 spiro atoms. The van der Waals surface area contributed by atoms with Gasteiger partial charge in [0.2, 0.25) is 10.0 Å². The predicted octanol–water partition coefficient (Wildman–Crippen LogP) is 4.49. The number of aryl methyl sites for hydroxylation is 1. The Morgan fingerprint density at radius 1 is 1.03 bits per heavy atom. The van der Waals surface area contributed by atoms with Crippen LogP contribution in [-0.2, 0) is 21.4 Å². The van der Waals surface area contributed by atoms with Crippen LogP contribution in [0.4, 0.5) is 0 Å². The van der Waals surface area contributed by atoms with Crippen LogP contribution in [0, 0.1) is 6.92 Å². The van der Waals surface area contributed by atoms with Gasteiger partial charge in [-0.25, -0.2) is 13.1 Å². The van der Waals surface area contributed by atoms with Gasteiger partial charge in [-0.2, -0.15) is 0 Å². The number of halogens is 1. The van der Waals surface area contributed by atoms with Crippen molar-refractivity contribution >= 4 is 31.9 Å². The van der Waals surface area contributed by atoms with E-state index in [1.54, 1.807) is 13.0 Å². The number of carbonyl (C=O) groups is 1. The van der Waals surface area contributed by atoms with Gasteiger partial charge in [0, 0.05) is 11.0 Å². The average Bonchev–Trinajstić information content (AvgIpc) is 2.78. The lowest BCUT2D eigenvalue weighted by atomic mass is 10.1. The Balaban J connectivity index is 1.56. The fourth-order valence-electron chi connectivity index (χ4n) is 3.07. The first-order chi connectivity index (χ1) is 15.2. The molecule has 0 bridgehead atoms. The van der Waals surface area contributed by atoms with Gasteiger partial charge in [0.25, 0.3) is 5.91 Å². The van der Waals surface area contributed by atoms with Crippen LogP contribution in [-0.4, -0.2) is 20.9 Å². The number of rotatable bonds is 9. The lowest BCUT2D eigenvalue weighted by molar-refractivity contribution is -0.123. The summed E-state index contributed by atoms with van der Waals surface area (Å²) in [6.07, 6.45) is 0. The van der Waals surface area contributed by atoms with Gasteiger partial charge in [-0.1, -0.05) is 58.4 Å². The summed E-state index contributed by atoms with van der Waals surface area (Å²) < 4.78 is 34.4. The summed E-state index contributed by atoms with van der Waals surface area (Å²) in [5.41, 5.74) is 2.48. The Kier molecular flexibility index (Phi) is 8.06. The van der Waals surface area contributed by atoms with Gasteiger partial charge in [0.15, 0.2) is 6.61 Å². The zero-order chi connectivity index (χ0) is 23.1. The molecule has 2 N–H and O–H groups in total. The van der Waals surface area contributed by atoms with Crippen molar-refractivity contribution in [2.45, 2.75) is 31.3 Å². The Hall–Kier alpha value is -2.68.